The highest BCUT2D eigenvalue weighted by atomic mass is 16.5. The fraction of sp³-hybridized carbons (Fsp3) is 0.833. The molecule has 1 fully saturated rings. The molecule has 1 aliphatic rings. The van der Waals surface area contributed by atoms with E-state index in [1.807, 2.05) is 0 Å². The van der Waals surface area contributed by atoms with Gasteiger partial charge in [-0.25, -0.2) is 0 Å². The molecule has 0 aromatic carbocycles. The minimum absolute atomic E-state index is 0.183. The number of hydrogen-bond donors (Lipinski definition) is 1. The Balaban J connectivity index is 2.13. The second kappa shape index (κ2) is 5.34. The van der Waals surface area contributed by atoms with Crippen LogP contribution < -0.4 is 5.73 Å². The van der Waals surface area contributed by atoms with Crippen LogP contribution in [0, 0.1) is 5.92 Å². The molecule has 6 heteroatoms. The van der Waals surface area contributed by atoms with Gasteiger partial charge in [-0.1, -0.05) is 19.0 Å². The van der Waals surface area contributed by atoms with Crippen molar-refractivity contribution in [2.45, 2.75) is 25.9 Å². The second-order valence-electron chi connectivity index (χ2n) is 5.52. The Bertz CT molecular complexity index is 392. The Hall–Kier alpha value is -0.980. The van der Waals surface area contributed by atoms with E-state index in [0.717, 1.165) is 25.5 Å². The summed E-state index contributed by atoms with van der Waals surface area (Å²) >= 11 is 0. The van der Waals surface area contributed by atoms with Crippen LogP contribution in [0.2, 0.25) is 0 Å². The zero-order valence-electron chi connectivity index (χ0n) is 11.6. The predicted molar refractivity (Wildman–Crippen MR) is 68.9 cm³/mol. The monoisotopic (exact) mass is 253 g/mol. The van der Waals surface area contributed by atoms with Crippen molar-refractivity contribution in [2.24, 2.45) is 11.7 Å². The molecule has 1 aromatic rings. The highest BCUT2D eigenvalue weighted by Gasteiger charge is 2.29. The zero-order chi connectivity index (χ0) is 13.3. The zero-order valence-corrected chi connectivity index (χ0v) is 11.6. The van der Waals surface area contributed by atoms with Crippen molar-refractivity contribution in [1.29, 1.82) is 0 Å². The molecule has 0 spiro atoms. The Morgan fingerprint density at radius 3 is 2.72 bits per heavy atom. The molecular weight excluding hydrogens is 230 g/mol. The van der Waals surface area contributed by atoms with Crippen LogP contribution in [0.25, 0.3) is 0 Å². The third-order valence-electron chi connectivity index (χ3n) is 3.61. The lowest BCUT2D eigenvalue weighted by Gasteiger charge is -2.35. The second-order valence-corrected chi connectivity index (χ2v) is 5.52. The first-order valence-electron chi connectivity index (χ1n) is 6.47. The van der Waals surface area contributed by atoms with Gasteiger partial charge in [0.05, 0.1) is 12.1 Å². The van der Waals surface area contributed by atoms with Crippen LogP contribution >= 0.6 is 0 Å². The highest BCUT2D eigenvalue weighted by Crippen LogP contribution is 2.23. The van der Waals surface area contributed by atoms with Crippen LogP contribution in [0.1, 0.15) is 37.6 Å². The van der Waals surface area contributed by atoms with Crippen molar-refractivity contribution < 1.29 is 4.52 Å². The van der Waals surface area contributed by atoms with E-state index in [-0.39, 0.29) is 12.1 Å². The highest BCUT2D eigenvalue weighted by molar-refractivity contribution is 5.00. The Kier molecular flexibility index (Phi) is 3.99. The average molecular weight is 253 g/mol. The summed E-state index contributed by atoms with van der Waals surface area (Å²) in [5.74, 6) is 1.59. The number of nitrogens with two attached hydrogens (primary N) is 1. The first kappa shape index (κ1) is 13.5. The Morgan fingerprint density at radius 1 is 1.33 bits per heavy atom. The molecule has 2 rings (SSSR count). The van der Waals surface area contributed by atoms with E-state index in [9.17, 15) is 0 Å². The molecule has 1 unspecified atom stereocenters. The Morgan fingerprint density at radius 2 is 2.06 bits per heavy atom. The number of aromatic nitrogens is 2. The normalized spacial score (nSPS) is 24.7. The van der Waals surface area contributed by atoms with E-state index in [0.29, 0.717) is 11.8 Å². The van der Waals surface area contributed by atoms with Gasteiger partial charge in [0.25, 0.3) is 0 Å². The van der Waals surface area contributed by atoms with Crippen molar-refractivity contribution in [2.75, 3.05) is 33.7 Å². The van der Waals surface area contributed by atoms with Gasteiger partial charge >= 0.3 is 0 Å². The van der Waals surface area contributed by atoms with Gasteiger partial charge in [-0.2, -0.15) is 4.98 Å². The van der Waals surface area contributed by atoms with Crippen LogP contribution in [0.15, 0.2) is 4.52 Å². The van der Waals surface area contributed by atoms with Crippen LogP contribution in [-0.2, 0) is 0 Å². The first-order chi connectivity index (χ1) is 8.49. The molecule has 0 bridgehead atoms. The van der Waals surface area contributed by atoms with Crippen molar-refractivity contribution in [1.82, 2.24) is 19.9 Å². The smallest absolute Gasteiger partial charge is 0.243 e. The fourth-order valence-corrected chi connectivity index (χ4v) is 2.09. The molecule has 2 heterocycles. The van der Waals surface area contributed by atoms with E-state index < -0.39 is 0 Å². The summed E-state index contributed by atoms with van der Waals surface area (Å²) in [5, 5.41) is 4.09. The summed E-state index contributed by atoms with van der Waals surface area (Å²) in [6.07, 6.45) is 0. The van der Waals surface area contributed by atoms with Gasteiger partial charge in [0.2, 0.25) is 5.89 Å². The van der Waals surface area contributed by atoms with Crippen molar-refractivity contribution in [3.8, 4) is 0 Å². The largest absolute Gasteiger partial charge is 0.338 e. The lowest BCUT2D eigenvalue weighted by molar-refractivity contribution is 0.108. The van der Waals surface area contributed by atoms with E-state index in [2.05, 4.69) is 47.9 Å². The average Bonchev–Trinajstić information content (AvgIpc) is 2.80. The Labute approximate surface area is 108 Å². The standard InChI is InChI=1S/C12H23N5O/c1-8(2)10(13)12-14-11(15-18-12)9-7-16(3)5-6-17(9)4/h8-10H,5-7,13H2,1-4H3/t9?,10-/m0/s1. The van der Waals surface area contributed by atoms with Gasteiger partial charge in [-0.05, 0) is 20.0 Å². The maximum atomic E-state index is 6.02. The third-order valence-corrected chi connectivity index (χ3v) is 3.61. The van der Waals surface area contributed by atoms with E-state index >= 15 is 0 Å². The molecule has 0 aliphatic carbocycles. The molecule has 2 atom stereocenters. The van der Waals surface area contributed by atoms with E-state index in [1.54, 1.807) is 0 Å². The summed E-state index contributed by atoms with van der Waals surface area (Å²) in [6, 6.07) is 0.0125. The molecule has 6 nitrogen and oxygen atoms in total. The number of likely N-dealkylation sites (N-methyl/N-ethyl adjacent to an activating group) is 2. The minimum atomic E-state index is -0.183. The summed E-state index contributed by atoms with van der Waals surface area (Å²) in [6.45, 7) is 7.11. The van der Waals surface area contributed by atoms with Crippen LogP contribution in [0.5, 0.6) is 0 Å². The SMILES string of the molecule is CC(C)[C@H](N)c1nc(C2CN(C)CCN2C)no1. The topological polar surface area (TPSA) is 71.4 Å². The van der Waals surface area contributed by atoms with E-state index in [4.69, 9.17) is 10.3 Å². The van der Waals surface area contributed by atoms with E-state index in [1.165, 1.54) is 0 Å². The maximum Gasteiger partial charge on any atom is 0.243 e. The molecule has 102 valence electrons. The molecule has 0 radical (unpaired) electrons. The molecule has 1 saturated heterocycles. The number of piperazine rings is 1. The minimum Gasteiger partial charge on any atom is -0.338 e. The first-order valence-corrected chi connectivity index (χ1v) is 6.47. The molecular formula is C12H23N5O. The lowest BCUT2D eigenvalue weighted by atomic mass is 10.1. The molecule has 1 aromatic heterocycles. The molecule has 2 N–H and O–H groups in total. The van der Waals surface area contributed by atoms with Gasteiger partial charge in [-0.15, -0.1) is 0 Å². The molecule has 0 amide bonds. The lowest BCUT2D eigenvalue weighted by Crippen LogP contribution is -2.45. The quantitative estimate of drug-likeness (QED) is 0.852. The summed E-state index contributed by atoms with van der Waals surface area (Å²) in [7, 11) is 4.21. The number of hydrogen-bond acceptors (Lipinski definition) is 6. The number of rotatable bonds is 3. The molecule has 18 heavy (non-hydrogen) atoms. The van der Waals surface area contributed by atoms with Gasteiger partial charge in [0.1, 0.15) is 0 Å². The third kappa shape index (κ3) is 2.71. The molecule has 1 aliphatic heterocycles. The van der Waals surface area contributed by atoms with Gasteiger partial charge in [-0.3, -0.25) is 4.90 Å². The van der Waals surface area contributed by atoms with Gasteiger partial charge in [0, 0.05) is 19.6 Å². The number of nitrogens with zero attached hydrogens (tertiary/aromatic N) is 4. The fourth-order valence-electron chi connectivity index (χ4n) is 2.09. The van der Waals surface area contributed by atoms with Crippen LogP contribution in [0.4, 0.5) is 0 Å². The summed E-state index contributed by atoms with van der Waals surface area (Å²) in [5.41, 5.74) is 6.02. The van der Waals surface area contributed by atoms with Gasteiger partial charge in [0.15, 0.2) is 5.82 Å². The summed E-state index contributed by atoms with van der Waals surface area (Å²) in [4.78, 5) is 9.01. The molecule has 0 saturated carbocycles. The maximum absolute atomic E-state index is 6.02. The van der Waals surface area contributed by atoms with Crippen LogP contribution in [0.3, 0.4) is 0 Å². The van der Waals surface area contributed by atoms with Gasteiger partial charge < -0.3 is 15.2 Å². The van der Waals surface area contributed by atoms with Crippen LogP contribution in [-0.4, -0.2) is 53.7 Å². The van der Waals surface area contributed by atoms with Crippen molar-refractivity contribution in [3.63, 3.8) is 0 Å². The predicted octanol–water partition coefficient (Wildman–Crippen LogP) is 0.644. The van der Waals surface area contributed by atoms with Crippen molar-refractivity contribution in [3.05, 3.63) is 11.7 Å². The summed E-state index contributed by atoms with van der Waals surface area (Å²) < 4.78 is 5.29. The van der Waals surface area contributed by atoms with Crippen molar-refractivity contribution >= 4 is 0 Å².